The molecule has 166 valence electrons. The van der Waals surface area contributed by atoms with Gasteiger partial charge in [0.15, 0.2) is 0 Å². The molecule has 2 aromatic rings. The molecule has 2 aliphatic heterocycles. The van der Waals surface area contributed by atoms with E-state index in [1.807, 2.05) is 17.0 Å². The number of aromatic nitrogens is 2. The van der Waals surface area contributed by atoms with E-state index in [1.54, 1.807) is 23.3 Å². The van der Waals surface area contributed by atoms with Crippen molar-refractivity contribution in [1.82, 2.24) is 19.8 Å². The molecule has 1 aromatic heterocycles. The van der Waals surface area contributed by atoms with Crippen molar-refractivity contribution in [1.29, 1.82) is 0 Å². The van der Waals surface area contributed by atoms with Crippen LogP contribution in [-0.2, 0) is 22.6 Å². The van der Waals surface area contributed by atoms with Crippen LogP contribution >= 0.6 is 0 Å². The van der Waals surface area contributed by atoms with Crippen molar-refractivity contribution in [3.05, 3.63) is 48.5 Å². The van der Waals surface area contributed by atoms with Crippen LogP contribution in [0.15, 0.2) is 43.0 Å². The summed E-state index contributed by atoms with van der Waals surface area (Å²) in [6.45, 7) is 2.52. The van der Waals surface area contributed by atoms with Crippen LogP contribution in [0.5, 0.6) is 5.75 Å². The Hall–Kier alpha value is -2.83. The lowest BCUT2D eigenvalue weighted by molar-refractivity contribution is -0.141. The standard InChI is InChI=1S/C24H32N4O3/c29-22(18-27-16-12-25-19-27)28-14-10-24(11-15-28)9-5-1-2-6-20-7-3-4-8-21(20)31-17-13-26-23(24)30/h3-4,7-8,12,16,19H,1-2,5-6,9-11,13-15,17-18H2,(H,26,30). The minimum atomic E-state index is -0.382. The number of amides is 2. The highest BCUT2D eigenvalue weighted by atomic mass is 16.5. The smallest absolute Gasteiger partial charge is 0.242 e. The van der Waals surface area contributed by atoms with E-state index in [2.05, 4.69) is 22.4 Å². The maximum atomic E-state index is 13.2. The number of carbonyl (C=O) groups is 2. The number of hydrogen-bond donors (Lipinski definition) is 1. The Morgan fingerprint density at radius 1 is 1.13 bits per heavy atom. The number of aryl methyl sites for hydroxylation is 1. The molecule has 7 nitrogen and oxygen atoms in total. The molecule has 2 aliphatic rings. The Kier molecular flexibility index (Phi) is 6.89. The Morgan fingerprint density at radius 3 is 2.77 bits per heavy atom. The van der Waals surface area contributed by atoms with Gasteiger partial charge in [-0.05, 0) is 43.7 Å². The number of para-hydroxylation sites is 1. The summed E-state index contributed by atoms with van der Waals surface area (Å²) in [6.07, 6.45) is 11.7. The van der Waals surface area contributed by atoms with Gasteiger partial charge in [-0.2, -0.15) is 0 Å². The van der Waals surface area contributed by atoms with Crippen molar-refractivity contribution in [2.24, 2.45) is 5.41 Å². The molecular formula is C24H32N4O3. The number of piperidine rings is 1. The summed E-state index contributed by atoms with van der Waals surface area (Å²) in [5, 5.41) is 3.11. The van der Waals surface area contributed by atoms with Crippen LogP contribution in [0, 0.1) is 5.41 Å². The monoisotopic (exact) mass is 424 g/mol. The second-order valence-electron chi connectivity index (χ2n) is 8.67. The van der Waals surface area contributed by atoms with Crippen molar-refractivity contribution in [2.75, 3.05) is 26.2 Å². The van der Waals surface area contributed by atoms with Gasteiger partial charge in [0.05, 0.1) is 18.3 Å². The Labute approximate surface area is 183 Å². The fourth-order valence-electron chi connectivity index (χ4n) is 4.73. The summed E-state index contributed by atoms with van der Waals surface area (Å²) in [5.74, 6) is 1.13. The van der Waals surface area contributed by atoms with E-state index < -0.39 is 0 Å². The van der Waals surface area contributed by atoms with Gasteiger partial charge in [-0.3, -0.25) is 9.59 Å². The SMILES string of the molecule is O=C(Cn1ccnc1)N1CCC2(CCCCCc3ccccc3OCCNC2=O)CC1. The van der Waals surface area contributed by atoms with Gasteiger partial charge in [-0.15, -0.1) is 0 Å². The summed E-state index contributed by atoms with van der Waals surface area (Å²) in [6, 6.07) is 8.19. The number of ether oxygens (including phenoxy) is 1. The van der Waals surface area contributed by atoms with Gasteiger partial charge in [0.25, 0.3) is 0 Å². The van der Waals surface area contributed by atoms with Crippen molar-refractivity contribution < 1.29 is 14.3 Å². The van der Waals surface area contributed by atoms with E-state index in [0.29, 0.717) is 32.8 Å². The molecule has 1 spiro atoms. The van der Waals surface area contributed by atoms with E-state index in [9.17, 15) is 9.59 Å². The molecule has 0 bridgehead atoms. The number of nitrogens with zero attached hydrogens (tertiary/aromatic N) is 3. The first kappa shape index (κ1) is 21.4. The predicted octanol–water partition coefficient (Wildman–Crippen LogP) is 2.80. The largest absolute Gasteiger partial charge is 0.491 e. The third-order valence-electron chi connectivity index (χ3n) is 6.65. The highest BCUT2D eigenvalue weighted by Gasteiger charge is 2.41. The number of carbonyl (C=O) groups excluding carboxylic acids is 2. The van der Waals surface area contributed by atoms with Crippen LogP contribution in [-0.4, -0.2) is 52.5 Å². The third-order valence-corrected chi connectivity index (χ3v) is 6.65. The highest BCUT2D eigenvalue weighted by Crippen LogP contribution is 2.37. The number of hydrogen-bond acceptors (Lipinski definition) is 4. The minimum absolute atomic E-state index is 0.0871. The van der Waals surface area contributed by atoms with Crippen LogP contribution in [0.3, 0.4) is 0 Å². The molecule has 0 aliphatic carbocycles. The first-order chi connectivity index (χ1) is 15.2. The molecule has 1 fully saturated rings. The average molecular weight is 425 g/mol. The molecule has 0 saturated carbocycles. The molecule has 0 radical (unpaired) electrons. The van der Waals surface area contributed by atoms with Gasteiger partial charge in [0.2, 0.25) is 11.8 Å². The number of likely N-dealkylation sites (tertiary alicyclic amines) is 1. The number of benzene rings is 1. The van der Waals surface area contributed by atoms with Crippen LogP contribution < -0.4 is 10.1 Å². The molecule has 31 heavy (non-hydrogen) atoms. The zero-order valence-corrected chi connectivity index (χ0v) is 18.1. The fourth-order valence-corrected chi connectivity index (χ4v) is 4.73. The highest BCUT2D eigenvalue weighted by molar-refractivity contribution is 5.83. The lowest BCUT2D eigenvalue weighted by Crippen LogP contribution is -2.51. The number of imidazole rings is 1. The van der Waals surface area contributed by atoms with Gasteiger partial charge in [0, 0.05) is 25.5 Å². The molecule has 1 aromatic carbocycles. The molecule has 3 heterocycles. The van der Waals surface area contributed by atoms with Crippen molar-refractivity contribution >= 4 is 11.8 Å². The summed E-state index contributed by atoms with van der Waals surface area (Å²) in [4.78, 5) is 31.7. The molecule has 2 amide bonds. The Balaban J connectivity index is 1.36. The number of fused-ring (bicyclic) bond motifs is 1. The second-order valence-corrected chi connectivity index (χ2v) is 8.67. The van der Waals surface area contributed by atoms with Gasteiger partial charge in [-0.25, -0.2) is 4.98 Å². The number of rotatable bonds is 2. The van der Waals surface area contributed by atoms with Crippen LogP contribution in [0.2, 0.25) is 0 Å². The first-order valence-corrected chi connectivity index (χ1v) is 11.4. The second kappa shape index (κ2) is 9.98. The lowest BCUT2D eigenvalue weighted by atomic mass is 9.73. The lowest BCUT2D eigenvalue weighted by Gasteiger charge is -2.41. The molecule has 0 unspecified atom stereocenters. The zero-order valence-electron chi connectivity index (χ0n) is 18.1. The normalized spacial score (nSPS) is 19.9. The summed E-state index contributed by atoms with van der Waals surface area (Å²) >= 11 is 0. The van der Waals surface area contributed by atoms with E-state index in [4.69, 9.17) is 4.74 Å². The Morgan fingerprint density at radius 2 is 1.97 bits per heavy atom. The molecule has 0 atom stereocenters. The molecule has 1 N–H and O–H groups in total. The van der Waals surface area contributed by atoms with Crippen molar-refractivity contribution in [2.45, 2.75) is 51.5 Å². The van der Waals surface area contributed by atoms with Gasteiger partial charge in [-0.1, -0.05) is 31.0 Å². The maximum Gasteiger partial charge on any atom is 0.242 e. The van der Waals surface area contributed by atoms with Gasteiger partial charge in [0.1, 0.15) is 18.9 Å². The van der Waals surface area contributed by atoms with E-state index in [-0.39, 0.29) is 17.2 Å². The van der Waals surface area contributed by atoms with Crippen LogP contribution in [0.4, 0.5) is 0 Å². The van der Waals surface area contributed by atoms with E-state index >= 15 is 0 Å². The minimum Gasteiger partial charge on any atom is -0.491 e. The summed E-state index contributed by atoms with van der Waals surface area (Å²) in [7, 11) is 0. The van der Waals surface area contributed by atoms with E-state index in [0.717, 1.165) is 50.7 Å². The first-order valence-electron chi connectivity index (χ1n) is 11.4. The fraction of sp³-hybridized carbons (Fsp3) is 0.542. The van der Waals surface area contributed by atoms with Crippen LogP contribution in [0.25, 0.3) is 0 Å². The van der Waals surface area contributed by atoms with Crippen molar-refractivity contribution in [3.63, 3.8) is 0 Å². The van der Waals surface area contributed by atoms with Gasteiger partial charge < -0.3 is 19.5 Å². The predicted molar refractivity (Wildman–Crippen MR) is 118 cm³/mol. The number of nitrogens with one attached hydrogen (secondary N) is 1. The van der Waals surface area contributed by atoms with Crippen molar-refractivity contribution in [3.8, 4) is 5.75 Å². The maximum absolute atomic E-state index is 13.2. The molecular weight excluding hydrogens is 392 g/mol. The Bertz CT molecular complexity index is 873. The molecule has 1 saturated heterocycles. The molecule has 4 rings (SSSR count). The average Bonchev–Trinajstić information content (AvgIpc) is 3.30. The summed E-state index contributed by atoms with van der Waals surface area (Å²) < 4.78 is 7.74. The molecule has 7 heteroatoms. The summed E-state index contributed by atoms with van der Waals surface area (Å²) in [5.41, 5.74) is 0.861. The van der Waals surface area contributed by atoms with Crippen LogP contribution in [0.1, 0.15) is 44.1 Å². The quantitative estimate of drug-likeness (QED) is 0.804. The van der Waals surface area contributed by atoms with E-state index in [1.165, 1.54) is 5.56 Å². The van der Waals surface area contributed by atoms with Gasteiger partial charge >= 0.3 is 0 Å². The zero-order chi connectivity index (χ0) is 21.5. The topological polar surface area (TPSA) is 76.5 Å². The third kappa shape index (κ3) is 5.27.